The van der Waals surface area contributed by atoms with Crippen LogP contribution in [0.2, 0.25) is 5.02 Å². The predicted molar refractivity (Wildman–Crippen MR) is 127 cm³/mol. The van der Waals surface area contributed by atoms with Crippen LogP contribution in [-0.2, 0) is 24.1 Å². The number of phenols is 1. The lowest BCUT2D eigenvalue weighted by Crippen LogP contribution is -2.01. The van der Waals surface area contributed by atoms with Crippen molar-refractivity contribution in [3.05, 3.63) is 62.5 Å². The Morgan fingerprint density at radius 2 is 1.94 bits per heavy atom. The molecule has 0 saturated carbocycles. The number of carbonyl (C=O) groups is 1. The number of aromatic hydroxyl groups is 1. The van der Waals surface area contributed by atoms with Crippen LogP contribution in [0.3, 0.4) is 0 Å². The predicted octanol–water partition coefficient (Wildman–Crippen LogP) is 6.96. The summed E-state index contributed by atoms with van der Waals surface area (Å²) in [5.74, 6) is 0.261. The standard InChI is InChI=1S/C24H30ClNO4S/c1-3-7-18-17(10-11-19(24(18)29)21(4-2)26-30)8-5-6-13-31-22-12-9-16(14-20(22)25)15-23(27)28/h9-12,14,21,29H,3-8,13,15H2,1-2H3,(H,27,28). The summed E-state index contributed by atoms with van der Waals surface area (Å²) in [4.78, 5) is 22.9. The molecule has 31 heavy (non-hydrogen) atoms. The first-order valence-electron chi connectivity index (χ1n) is 10.7. The molecule has 0 amide bonds. The first kappa shape index (κ1) is 25.2. The van der Waals surface area contributed by atoms with E-state index < -0.39 is 12.0 Å². The third-order valence-electron chi connectivity index (χ3n) is 5.23. The van der Waals surface area contributed by atoms with Gasteiger partial charge in [-0.1, -0.05) is 55.2 Å². The molecule has 0 aromatic heterocycles. The number of phenolic OH excluding ortho intramolecular Hbond substituents is 1. The Kier molecular flexibility index (Phi) is 10.3. The summed E-state index contributed by atoms with van der Waals surface area (Å²) in [5, 5.41) is 23.4. The fourth-order valence-corrected chi connectivity index (χ4v) is 4.92. The molecule has 0 aliphatic carbocycles. The van der Waals surface area contributed by atoms with Crippen molar-refractivity contribution in [2.24, 2.45) is 5.18 Å². The van der Waals surface area contributed by atoms with Crippen LogP contribution >= 0.6 is 23.4 Å². The summed E-state index contributed by atoms with van der Waals surface area (Å²) in [6, 6.07) is 8.77. The van der Waals surface area contributed by atoms with Gasteiger partial charge in [0.2, 0.25) is 0 Å². The SMILES string of the molecule is CCCc1c(CCCCSc2ccc(CC(=O)O)cc2Cl)ccc(C(CC)N=O)c1O. The van der Waals surface area contributed by atoms with Crippen molar-refractivity contribution < 1.29 is 15.0 Å². The third kappa shape index (κ3) is 7.25. The van der Waals surface area contributed by atoms with E-state index in [1.54, 1.807) is 23.9 Å². The summed E-state index contributed by atoms with van der Waals surface area (Å²) in [6.45, 7) is 3.97. The van der Waals surface area contributed by atoms with Crippen LogP contribution in [0.1, 0.15) is 67.8 Å². The number of halogens is 1. The minimum Gasteiger partial charge on any atom is -0.507 e. The summed E-state index contributed by atoms with van der Waals surface area (Å²) >= 11 is 7.95. The van der Waals surface area contributed by atoms with E-state index in [1.165, 1.54) is 0 Å². The maximum absolute atomic E-state index is 11.1. The highest BCUT2D eigenvalue weighted by atomic mass is 35.5. The van der Waals surface area contributed by atoms with E-state index in [9.17, 15) is 14.8 Å². The molecule has 0 aliphatic heterocycles. The van der Waals surface area contributed by atoms with Gasteiger partial charge in [-0.15, -0.1) is 11.8 Å². The minimum absolute atomic E-state index is 0.0295. The molecule has 2 rings (SSSR count). The number of carboxylic acids is 1. The van der Waals surface area contributed by atoms with Gasteiger partial charge in [0.1, 0.15) is 11.8 Å². The Bertz CT molecular complexity index is 903. The fraction of sp³-hybridized carbons (Fsp3) is 0.458. The largest absolute Gasteiger partial charge is 0.507 e. The number of benzene rings is 2. The lowest BCUT2D eigenvalue weighted by Gasteiger charge is -2.17. The van der Waals surface area contributed by atoms with E-state index in [0.29, 0.717) is 22.6 Å². The summed E-state index contributed by atoms with van der Waals surface area (Å²) < 4.78 is 0. The summed E-state index contributed by atoms with van der Waals surface area (Å²) in [6.07, 6.45) is 5.05. The van der Waals surface area contributed by atoms with Crippen LogP contribution in [0.5, 0.6) is 5.75 Å². The van der Waals surface area contributed by atoms with E-state index in [0.717, 1.165) is 53.9 Å². The van der Waals surface area contributed by atoms with Gasteiger partial charge in [0, 0.05) is 10.5 Å². The van der Waals surface area contributed by atoms with Crippen LogP contribution in [0.4, 0.5) is 0 Å². The van der Waals surface area contributed by atoms with E-state index in [4.69, 9.17) is 16.7 Å². The van der Waals surface area contributed by atoms with Crippen LogP contribution < -0.4 is 0 Å². The molecule has 0 spiro atoms. The quantitative estimate of drug-likeness (QED) is 0.190. The zero-order valence-electron chi connectivity index (χ0n) is 18.1. The number of aryl methyl sites for hydroxylation is 1. The average molecular weight is 464 g/mol. The third-order valence-corrected chi connectivity index (χ3v) is 6.82. The molecule has 7 heteroatoms. The van der Waals surface area contributed by atoms with E-state index >= 15 is 0 Å². The fourth-order valence-electron chi connectivity index (χ4n) is 3.63. The van der Waals surface area contributed by atoms with Gasteiger partial charge in [-0.3, -0.25) is 4.79 Å². The number of carboxylic acid groups (broad SMARTS) is 1. The van der Waals surface area contributed by atoms with Crippen LogP contribution in [0.25, 0.3) is 0 Å². The molecule has 1 unspecified atom stereocenters. The van der Waals surface area contributed by atoms with Gasteiger partial charge in [0.05, 0.1) is 11.4 Å². The first-order valence-corrected chi connectivity index (χ1v) is 12.1. The first-order chi connectivity index (χ1) is 14.9. The van der Waals surface area contributed by atoms with Gasteiger partial charge in [0.15, 0.2) is 0 Å². The second-order valence-electron chi connectivity index (χ2n) is 7.56. The van der Waals surface area contributed by atoms with Crippen molar-refractivity contribution in [2.75, 3.05) is 5.75 Å². The molecule has 0 saturated heterocycles. The number of nitroso groups, excluding NO2 is 1. The number of unbranched alkanes of at least 4 members (excludes halogenated alkanes) is 1. The molecule has 168 valence electrons. The van der Waals surface area contributed by atoms with Gasteiger partial charge in [-0.05, 0) is 66.7 Å². The molecular formula is C24H30ClNO4S. The molecule has 0 radical (unpaired) electrons. The Labute approximate surface area is 193 Å². The number of hydrogen-bond donors (Lipinski definition) is 2. The highest BCUT2D eigenvalue weighted by molar-refractivity contribution is 7.99. The van der Waals surface area contributed by atoms with Gasteiger partial charge in [0.25, 0.3) is 0 Å². The molecule has 2 aromatic rings. The summed E-state index contributed by atoms with van der Waals surface area (Å²) in [7, 11) is 0. The van der Waals surface area contributed by atoms with Crippen molar-refractivity contribution in [1.82, 2.24) is 0 Å². The van der Waals surface area contributed by atoms with Crippen molar-refractivity contribution in [3.63, 3.8) is 0 Å². The van der Waals surface area contributed by atoms with E-state index in [2.05, 4.69) is 12.1 Å². The van der Waals surface area contributed by atoms with Gasteiger partial charge in [-0.25, -0.2) is 0 Å². The molecule has 1 atom stereocenters. The second kappa shape index (κ2) is 12.7. The molecule has 5 nitrogen and oxygen atoms in total. The number of thioether (sulfide) groups is 1. The van der Waals surface area contributed by atoms with Crippen molar-refractivity contribution in [2.45, 2.75) is 69.7 Å². The molecule has 0 bridgehead atoms. The van der Waals surface area contributed by atoms with Crippen LogP contribution in [-0.4, -0.2) is 21.9 Å². The second-order valence-corrected chi connectivity index (χ2v) is 9.11. The Morgan fingerprint density at radius 3 is 2.55 bits per heavy atom. The Balaban J connectivity index is 1.94. The van der Waals surface area contributed by atoms with E-state index in [-0.39, 0.29) is 12.2 Å². The highest BCUT2D eigenvalue weighted by Gasteiger charge is 2.18. The number of aliphatic carboxylic acids is 1. The van der Waals surface area contributed by atoms with Crippen LogP contribution in [0, 0.1) is 4.91 Å². The van der Waals surface area contributed by atoms with Crippen molar-refractivity contribution in [3.8, 4) is 5.75 Å². The van der Waals surface area contributed by atoms with Crippen LogP contribution in [0.15, 0.2) is 40.4 Å². The number of hydrogen-bond acceptors (Lipinski definition) is 5. The Hall–Kier alpha value is -2.05. The topological polar surface area (TPSA) is 87.0 Å². The molecule has 0 fully saturated rings. The van der Waals surface area contributed by atoms with Gasteiger partial charge in [-0.2, -0.15) is 4.91 Å². The zero-order valence-corrected chi connectivity index (χ0v) is 19.6. The molecule has 2 N–H and O–H groups in total. The molecular weight excluding hydrogens is 434 g/mol. The normalized spacial score (nSPS) is 12.0. The van der Waals surface area contributed by atoms with E-state index in [1.807, 2.05) is 25.1 Å². The van der Waals surface area contributed by atoms with Crippen molar-refractivity contribution >= 4 is 29.3 Å². The maximum Gasteiger partial charge on any atom is 0.307 e. The zero-order chi connectivity index (χ0) is 22.8. The average Bonchev–Trinajstić information content (AvgIpc) is 2.73. The lowest BCUT2D eigenvalue weighted by atomic mass is 9.92. The van der Waals surface area contributed by atoms with Gasteiger partial charge < -0.3 is 10.2 Å². The number of rotatable bonds is 13. The smallest absolute Gasteiger partial charge is 0.307 e. The number of nitrogens with zero attached hydrogens (tertiary/aromatic N) is 1. The molecule has 0 aliphatic rings. The van der Waals surface area contributed by atoms with Crippen molar-refractivity contribution in [1.29, 1.82) is 0 Å². The molecule has 2 aromatic carbocycles. The monoisotopic (exact) mass is 463 g/mol. The summed E-state index contributed by atoms with van der Waals surface area (Å²) in [5.41, 5.74) is 3.39. The van der Waals surface area contributed by atoms with Gasteiger partial charge >= 0.3 is 5.97 Å². The Morgan fingerprint density at radius 1 is 1.16 bits per heavy atom. The molecule has 0 heterocycles. The maximum atomic E-state index is 11.1. The highest BCUT2D eigenvalue weighted by Crippen LogP contribution is 2.35. The minimum atomic E-state index is -0.870. The lowest BCUT2D eigenvalue weighted by molar-refractivity contribution is -0.136.